The van der Waals surface area contributed by atoms with Crippen molar-refractivity contribution in [2.75, 3.05) is 6.61 Å². The molecule has 3 aromatic carbocycles. The van der Waals surface area contributed by atoms with Gasteiger partial charge >= 0.3 is 0 Å². The van der Waals surface area contributed by atoms with Crippen LogP contribution < -0.4 is 15.5 Å². The largest absolute Gasteiger partial charge is 0.494 e. The zero-order valence-corrected chi connectivity index (χ0v) is 18.7. The molecule has 0 fully saturated rings. The fourth-order valence-electron chi connectivity index (χ4n) is 2.86. The van der Waals surface area contributed by atoms with E-state index in [1.807, 2.05) is 13.0 Å². The highest BCUT2D eigenvalue weighted by molar-refractivity contribution is 6.05. The van der Waals surface area contributed by atoms with E-state index in [1.165, 1.54) is 6.21 Å². The van der Waals surface area contributed by atoms with Gasteiger partial charge in [-0.2, -0.15) is 10.4 Å². The molecule has 0 bridgehead atoms. The number of nitrogens with one attached hydrogen (secondary N) is 2. The fourth-order valence-corrected chi connectivity index (χ4v) is 2.86. The van der Waals surface area contributed by atoms with Crippen molar-refractivity contribution in [1.82, 2.24) is 10.7 Å². The van der Waals surface area contributed by atoms with E-state index >= 15 is 0 Å². The average molecular weight is 453 g/mol. The van der Waals surface area contributed by atoms with Gasteiger partial charge in [0.05, 0.1) is 24.5 Å². The van der Waals surface area contributed by atoms with Crippen molar-refractivity contribution in [2.24, 2.45) is 5.10 Å². The summed E-state index contributed by atoms with van der Waals surface area (Å²) in [7, 11) is 0. The summed E-state index contributed by atoms with van der Waals surface area (Å²) < 4.78 is 5.59. The Morgan fingerprint density at radius 3 is 2.29 bits per heavy atom. The molecule has 0 aromatic heterocycles. The van der Waals surface area contributed by atoms with Crippen molar-refractivity contribution in [2.45, 2.75) is 13.3 Å². The zero-order chi connectivity index (χ0) is 24.2. The number of hydrazone groups is 1. The van der Waals surface area contributed by atoms with Crippen molar-refractivity contribution < 1.29 is 14.3 Å². The number of carbonyl (C=O) groups is 2. The standard InChI is InChI=1S/C27H24N4O3/c1-2-16-34-24-14-12-20(13-15-24)17-25(30-26(32)23-6-4-3-5-7-23)27(33)31-29-19-22-10-8-21(18-28)9-11-22/h3-15,17,19H,2,16H2,1H3,(H,30,32)(H,31,33)/b25-17+,29-19-. The van der Waals surface area contributed by atoms with Crippen LogP contribution >= 0.6 is 0 Å². The molecule has 0 atom stereocenters. The highest BCUT2D eigenvalue weighted by Crippen LogP contribution is 2.15. The molecule has 3 rings (SSSR count). The number of rotatable bonds is 9. The lowest BCUT2D eigenvalue weighted by molar-refractivity contribution is -0.117. The van der Waals surface area contributed by atoms with Crippen molar-refractivity contribution >= 4 is 24.1 Å². The molecule has 2 amide bonds. The number of hydrogen-bond donors (Lipinski definition) is 2. The molecule has 0 aliphatic carbocycles. The highest BCUT2D eigenvalue weighted by atomic mass is 16.5. The van der Waals surface area contributed by atoms with Crippen LogP contribution in [0.4, 0.5) is 0 Å². The second-order valence-corrected chi connectivity index (χ2v) is 7.23. The van der Waals surface area contributed by atoms with E-state index in [1.54, 1.807) is 84.9 Å². The smallest absolute Gasteiger partial charge is 0.287 e. The molecule has 34 heavy (non-hydrogen) atoms. The minimum atomic E-state index is -0.583. The van der Waals surface area contributed by atoms with Crippen LogP contribution in [0.1, 0.15) is 40.4 Å². The Morgan fingerprint density at radius 1 is 0.971 bits per heavy atom. The molecule has 2 N–H and O–H groups in total. The number of hydrogen-bond acceptors (Lipinski definition) is 5. The third-order valence-corrected chi connectivity index (χ3v) is 4.61. The normalized spacial score (nSPS) is 11.0. The molecular formula is C27H24N4O3. The molecular weight excluding hydrogens is 428 g/mol. The number of ether oxygens (including phenoxy) is 1. The van der Waals surface area contributed by atoms with Crippen molar-refractivity contribution in [1.29, 1.82) is 5.26 Å². The van der Waals surface area contributed by atoms with Crippen LogP contribution in [0, 0.1) is 11.3 Å². The summed E-state index contributed by atoms with van der Waals surface area (Å²) in [5.74, 6) is -0.271. The van der Waals surface area contributed by atoms with Crippen LogP contribution in [0.25, 0.3) is 6.08 Å². The maximum atomic E-state index is 12.8. The molecule has 0 saturated carbocycles. The van der Waals surface area contributed by atoms with Gasteiger partial charge in [-0.05, 0) is 60.0 Å². The predicted octanol–water partition coefficient (Wildman–Crippen LogP) is 4.27. The Kier molecular flexibility index (Phi) is 8.71. The summed E-state index contributed by atoms with van der Waals surface area (Å²) >= 11 is 0. The minimum absolute atomic E-state index is 0.0352. The number of carbonyl (C=O) groups excluding carboxylic acids is 2. The van der Waals surface area contributed by atoms with Gasteiger partial charge in [0.1, 0.15) is 11.4 Å². The van der Waals surface area contributed by atoms with Gasteiger partial charge in [-0.15, -0.1) is 0 Å². The van der Waals surface area contributed by atoms with Gasteiger partial charge in [0.2, 0.25) is 0 Å². The van der Waals surface area contributed by atoms with Gasteiger partial charge in [0, 0.05) is 5.56 Å². The quantitative estimate of drug-likeness (QED) is 0.287. The van der Waals surface area contributed by atoms with Gasteiger partial charge in [-0.25, -0.2) is 5.43 Å². The topological polar surface area (TPSA) is 104 Å². The van der Waals surface area contributed by atoms with E-state index in [0.717, 1.165) is 12.2 Å². The summed E-state index contributed by atoms with van der Waals surface area (Å²) in [6.07, 6.45) is 3.92. The monoisotopic (exact) mass is 452 g/mol. The first kappa shape index (κ1) is 24.0. The van der Waals surface area contributed by atoms with Crippen molar-refractivity contribution in [3.8, 4) is 11.8 Å². The summed E-state index contributed by atoms with van der Waals surface area (Å²) in [5, 5.41) is 15.5. The maximum absolute atomic E-state index is 12.8. The van der Waals surface area contributed by atoms with E-state index in [-0.39, 0.29) is 5.70 Å². The minimum Gasteiger partial charge on any atom is -0.494 e. The third kappa shape index (κ3) is 7.18. The molecule has 0 saturated heterocycles. The summed E-state index contributed by atoms with van der Waals surface area (Å²) in [6, 6.07) is 24.6. The van der Waals surface area contributed by atoms with Gasteiger partial charge in [0.25, 0.3) is 11.8 Å². The molecule has 0 unspecified atom stereocenters. The summed E-state index contributed by atoms with van der Waals surface area (Å²) in [5.41, 5.74) is 4.84. The molecule has 0 radical (unpaired) electrons. The first-order chi connectivity index (χ1) is 16.6. The second kappa shape index (κ2) is 12.4. The molecule has 0 spiro atoms. The molecule has 7 nitrogen and oxygen atoms in total. The van der Waals surface area contributed by atoms with Crippen molar-refractivity contribution in [3.05, 3.63) is 107 Å². The van der Waals surface area contributed by atoms with E-state index < -0.39 is 11.8 Å². The number of nitrogens with zero attached hydrogens (tertiary/aromatic N) is 2. The lowest BCUT2D eigenvalue weighted by Crippen LogP contribution is -2.32. The second-order valence-electron chi connectivity index (χ2n) is 7.23. The first-order valence-corrected chi connectivity index (χ1v) is 10.7. The molecule has 170 valence electrons. The van der Waals surface area contributed by atoms with E-state index in [9.17, 15) is 9.59 Å². The first-order valence-electron chi connectivity index (χ1n) is 10.7. The average Bonchev–Trinajstić information content (AvgIpc) is 2.88. The van der Waals surface area contributed by atoms with Crippen LogP contribution in [0.15, 0.2) is 89.7 Å². The molecule has 0 aliphatic heterocycles. The van der Waals surface area contributed by atoms with Crippen LogP contribution in [-0.4, -0.2) is 24.6 Å². The number of amides is 2. The van der Waals surface area contributed by atoms with Gasteiger partial charge < -0.3 is 10.1 Å². The van der Waals surface area contributed by atoms with Crippen LogP contribution in [-0.2, 0) is 4.79 Å². The Hall–Kier alpha value is -4.70. The Labute approximate surface area is 198 Å². The van der Waals surface area contributed by atoms with Gasteiger partial charge in [0.15, 0.2) is 0 Å². The number of nitriles is 1. The summed E-state index contributed by atoms with van der Waals surface area (Å²) in [6.45, 7) is 2.65. The zero-order valence-electron chi connectivity index (χ0n) is 18.7. The van der Waals surface area contributed by atoms with E-state index in [4.69, 9.17) is 10.00 Å². The van der Waals surface area contributed by atoms with Crippen LogP contribution in [0.2, 0.25) is 0 Å². The maximum Gasteiger partial charge on any atom is 0.287 e. The highest BCUT2D eigenvalue weighted by Gasteiger charge is 2.14. The van der Waals surface area contributed by atoms with Gasteiger partial charge in [-0.1, -0.05) is 49.4 Å². The molecule has 0 heterocycles. The SMILES string of the molecule is CCCOc1ccc(/C=C(/NC(=O)c2ccccc2)C(=O)N/N=C\c2ccc(C#N)cc2)cc1. The Morgan fingerprint density at radius 2 is 1.65 bits per heavy atom. The Bertz CT molecular complexity index is 1210. The molecule has 3 aromatic rings. The molecule has 7 heteroatoms. The third-order valence-electron chi connectivity index (χ3n) is 4.61. The Balaban J connectivity index is 1.77. The number of benzene rings is 3. The van der Waals surface area contributed by atoms with Gasteiger partial charge in [-0.3, -0.25) is 9.59 Å². The predicted molar refractivity (Wildman–Crippen MR) is 131 cm³/mol. The lowest BCUT2D eigenvalue weighted by Gasteiger charge is -2.10. The lowest BCUT2D eigenvalue weighted by atomic mass is 10.1. The van der Waals surface area contributed by atoms with E-state index in [2.05, 4.69) is 15.8 Å². The van der Waals surface area contributed by atoms with Crippen LogP contribution in [0.3, 0.4) is 0 Å². The van der Waals surface area contributed by atoms with Crippen LogP contribution in [0.5, 0.6) is 5.75 Å². The molecule has 0 aliphatic rings. The summed E-state index contributed by atoms with van der Waals surface area (Å²) in [4.78, 5) is 25.5. The van der Waals surface area contributed by atoms with Crippen molar-refractivity contribution in [3.63, 3.8) is 0 Å². The fraction of sp³-hybridized carbons (Fsp3) is 0.111. The van der Waals surface area contributed by atoms with E-state index in [0.29, 0.717) is 28.9 Å².